The second-order valence-electron chi connectivity index (χ2n) is 12.6. The number of nitrogens with two attached hydrogens (primary N) is 1. The van der Waals surface area contributed by atoms with Gasteiger partial charge < -0.3 is 20.8 Å². The topological polar surface area (TPSA) is 162 Å². The van der Waals surface area contributed by atoms with Gasteiger partial charge in [-0.3, -0.25) is 33.8 Å². The fraction of sp³-hybridized carbons (Fsp3) is 0.633. The molecule has 1 saturated heterocycles. The summed E-state index contributed by atoms with van der Waals surface area (Å²) in [5.74, 6) is -10.3. The number of rotatable bonds is 6. The van der Waals surface area contributed by atoms with Crippen molar-refractivity contribution in [2.75, 3.05) is 39.6 Å². The molecule has 4 aliphatic rings. The molecular weight excluding hydrogens is 528 g/mol. The zero-order valence-electron chi connectivity index (χ0n) is 24.3. The highest BCUT2D eigenvalue weighted by molar-refractivity contribution is 6.32. The third kappa shape index (κ3) is 4.23. The molecule has 3 fully saturated rings. The van der Waals surface area contributed by atoms with Gasteiger partial charge in [-0.15, -0.1) is 0 Å². The molecule has 0 aromatic heterocycles. The number of ketones is 4. The molecule has 11 heteroatoms. The molecular formula is C30H40N4O7. The standard InChI is InChI=1S/C30H40N4O7/c1-6-16-8-7-9-34(16)13-15-12-19(35)21-17(23(15)32(2)3)10-14-11-18-24(33(4)5)26(37)22(29(31)40)28(39)30(18,41)27(38)20(14)25(21)36/h12,14,16,18,20,22,24,35,41H,6-11,13H2,1-5H3,(H2,31,40)/t14-,16?,18-,20?,22?,24-,30-/m0/s1. The number of fused-ring (bicyclic) bond motifs is 3. The molecule has 4 N–H and O–H groups in total. The molecule has 0 bridgehead atoms. The Morgan fingerprint density at radius 2 is 1.83 bits per heavy atom. The molecule has 1 aromatic rings. The summed E-state index contributed by atoms with van der Waals surface area (Å²) >= 11 is 0. The monoisotopic (exact) mass is 568 g/mol. The lowest BCUT2D eigenvalue weighted by Crippen LogP contribution is -2.74. The minimum Gasteiger partial charge on any atom is -0.507 e. The number of hydrogen-bond acceptors (Lipinski definition) is 10. The number of Topliss-reactive ketones (excluding diaryl/α,β-unsaturated/α-hetero) is 4. The van der Waals surface area contributed by atoms with E-state index in [1.807, 2.05) is 19.0 Å². The molecule has 3 unspecified atom stereocenters. The van der Waals surface area contributed by atoms with Crippen molar-refractivity contribution < 1.29 is 34.2 Å². The molecule has 222 valence electrons. The molecule has 0 radical (unpaired) electrons. The summed E-state index contributed by atoms with van der Waals surface area (Å²) in [4.78, 5) is 72.7. The molecule has 5 rings (SSSR count). The molecule has 2 saturated carbocycles. The Morgan fingerprint density at radius 1 is 1.15 bits per heavy atom. The first-order valence-corrected chi connectivity index (χ1v) is 14.4. The first-order chi connectivity index (χ1) is 19.2. The summed E-state index contributed by atoms with van der Waals surface area (Å²) in [6.45, 7) is 3.71. The SMILES string of the molecule is CCC1CCCN1Cc1cc(O)c2c(c1N(C)C)C[C@H]1C[C@H]3[C@H](N(C)C)C(=O)C(C(N)=O)C(=O)[C@@]3(O)C(=O)C1C2=O. The Kier molecular flexibility index (Phi) is 7.36. The van der Waals surface area contributed by atoms with Crippen molar-refractivity contribution in [2.24, 2.45) is 29.4 Å². The van der Waals surface area contributed by atoms with Gasteiger partial charge in [-0.05, 0) is 75.9 Å². The van der Waals surface area contributed by atoms with Crippen LogP contribution in [0.15, 0.2) is 6.07 Å². The van der Waals surface area contributed by atoms with E-state index in [9.17, 15) is 34.2 Å². The van der Waals surface area contributed by atoms with Gasteiger partial charge in [-0.1, -0.05) is 6.92 Å². The average molecular weight is 569 g/mol. The van der Waals surface area contributed by atoms with Crippen molar-refractivity contribution >= 4 is 34.7 Å². The summed E-state index contributed by atoms with van der Waals surface area (Å²) in [6, 6.07) is 0.917. The number of hydrogen-bond donors (Lipinski definition) is 3. The van der Waals surface area contributed by atoms with Crippen LogP contribution < -0.4 is 10.6 Å². The Bertz CT molecular complexity index is 1340. The van der Waals surface area contributed by atoms with E-state index in [1.165, 1.54) is 4.90 Å². The molecule has 11 nitrogen and oxygen atoms in total. The van der Waals surface area contributed by atoms with Gasteiger partial charge in [-0.2, -0.15) is 0 Å². The number of amides is 1. The van der Waals surface area contributed by atoms with Crippen LogP contribution >= 0.6 is 0 Å². The summed E-state index contributed by atoms with van der Waals surface area (Å²) in [6.07, 6.45) is 3.51. The lowest BCUT2D eigenvalue weighted by Gasteiger charge is -2.52. The number of aromatic hydroxyl groups is 1. The van der Waals surface area contributed by atoms with Crippen LogP contribution in [0.2, 0.25) is 0 Å². The lowest BCUT2D eigenvalue weighted by atomic mass is 9.52. The van der Waals surface area contributed by atoms with Crippen molar-refractivity contribution in [2.45, 2.75) is 63.3 Å². The molecule has 41 heavy (non-hydrogen) atoms. The van der Waals surface area contributed by atoms with E-state index in [1.54, 1.807) is 20.2 Å². The predicted molar refractivity (Wildman–Crippen MR) is 149 cm³/mol. The van der Waals surface area contributed by atoms with Gasteiger partial charge in [0.25, 0.3) is 0 Å². The van der Waals surface area contributed by atoms with Gasteiger partial charge >= 0.3 is 0 Å². The van der Waals surface area contributed by atoms with E-state index in [2.05, 4.69) is 11.8 Å². The maximum atomic E-state index is 14.0. The fourth-order valence-electron chi connectivity index (χ4n) is 8.19. The summed E-state index contributed by atoms with van der Waals surface area (Å²) in [5.41, 5.74) is 5.02. The largest absolute Gasteiger partial charge is 0.507 e. The molecule has 7 atom stereocenters. The van der Waals surface area contributed by atoms with Crippen LogP contribution in [-0.2, 0) is 32.1 Å². The number of carbonyl (C=O) groups excluding carboxylic acids is 5. The predicted octanol–water partition coefficient (Wildman–Crippen LogP) is 0.307. The number of anilines is 1. The number of likely N-dealkylation sites (tertiary alicyclic amines) is 1. The van der Waals surface area contributed by atoms with Gasteiger partial charge in [0.1, 0.15) is 5.75 Å². The van der Waals surface area contributed by atoms with E-state index in [0.717, 1.165) is 37.1 Å². The fourth-order valence-corrected chi connectivity index (χ4v) is 8.19. The van der Waals surface area contributed by atoms with Gasteiger partial charge in [0, 0.05) is 38.3 Å². The van der Waals surface area contributed by atoms with E-state index in [-0.39, 0.29) is 24.2 Å². The maximum Gasteiger partial charge on any atom is 0.235 e. The Hall–Kier alpha value is -3.15. The van der Waals surface area contributed by atoms with E-state index in [4.69, 9.17) is 5.73 Å². The molecule has 0 spiro atoms. The number of nitrogens with zero attached hydrogens (tertiary/aromatic N) is 3. The quantitative estimate of drug-likeness (QED) is 0.407. The van der Waals surface area contributed by atoms with Crippen molar-refractivity contribution in [1.82, 2.24) is 9.80 Å². The highest BCUT2D eigenvalue weighted by Gasteiger charge is 2.69. The van der Waals surface area contributed by atoms with Crippen LogP contribution in [0.25, 0.3) is 0 Å². The van der Waals surface area contributed by atoms with Crippen LogP contribution in [0.4, 0.5) is 5.69 Å². The van der Waals surface area contributed by atoms with Crippen molar-refractivity contribution in [1.29, 1.82) is 0 Å². The number of benzene rings is 1. The second kappa shape index (κ2) is 10.3. The van der Waals surface area contributed by atoms with Gasteiger partial charge in [0.15, 0.2) is 34.7 Å². The van der Waals surface area contributed by atoms with E-state index < -0.39 is 64.4 Å². The average Bonchev–Trinajstić information content (AvgIpc) is 3.32. The zero-order valence-corrected chi connectivity index (χ0v) is 24.3. The zero-order chi connectivity index (χ0) is 30.1. The molecule has 1 amide bonds. The minimum absolute atomic E-state index is 0.0255. The molecule has 1 aromatic carbocycles. The van der Waals surface area contributed by atoms with Gasteiger partial charge in [0.2, 0.25) is 5.91 Å². The minimum atomic E-state index is -2.72. The first kappa shape index (κ1) is 29.3. The first-order valence-electron chi connectivity index (χ1n) is 14.4. The number of primary amides is 1. The number of phenols is 1. The summed E-state index contributed by atoms with van der Waals surface area (Å²) in [5, 5.41) is 22.9. The van der Waals surface area contributed by atoms with Crippen molar-refractivity contribution in [3.63, 3.8) is 0 Å². The number of likely N-dealkylation sites (N-methyl/N-ethyl adjacent to an activating group) is 1. The van der Waals surface area contributed by atoms with Crippen molar-refractivity contribution in [3.05, 3.63) is 22.8 Å². The maximum absolute atomic E-state index is 14.0. The van der Waals surface area contributed by atoms with Crippen LogP contribution in [0.3, 0.4) is 0 Å². The number of aliphatic hydroxyl groups is 1. The van der Waals surface area contributed by atoms with Crippen LogP contribution in [-0.4, -0.2) is 101 Å². The highest BCUT2D eigenvalue weighted by Crippen LogP contribution is 2.52. The van der Waals surface area contributed by atoms with Crippen molar-refractivity contribution in [3.8, 4) is 5.75 Å². The van der Waals surface area contributed by atoms with Gasteiger partial charge in [0.05, 0.1) is 17.5 Å². The lowest BCUT2D eigenvalue weighted by molar-refractivity contribution is -0.181. The number of carbonyl (C=O) groups is 5. The Balaban J connectivity index is 1.61. The number of phenolic OH excluding ortho intramolecular Hbond substituents is 1. The summed E-state index contributed by atoms with van der Waals surface area (Å²) in [7, 11) is 6.91. The van der Waals surface area contributed by atoms with Crippen LogP contribution in [0.5, 0.6) is 5.75 Å². The molecule has 3 aliphatic carbocycles. The van der Waals surface area contributed by atoms with E-state index in [0.29, 0.717) is 18.2 Å². The molecule has 1 heterocycles. The normalized spacial score (nSPS) is 33.5. The highest BCUT2D eigenvalue weighted by atomic mass is 16.3. The molecule has 1 aliphatic heterocycles. The smallest absolute Gasteiger partial charge is 0.235 e. The van der Waals surface area contributed by atoms with Crippen LogP contribution in [0, 0.1) is 23.7 Å². The van der Waals surface area contributed by atoms with Crippen LogP contribution in [0.1, 0.15) is 54.1 Å². The second-order valence-corrected chi connectivity index (χ2v) is 12.6. The third-order valence-electron chi connectivity index (χ3n) is 9.90. The third-order valence-corrected chi connectivity index (χ3v) is 9.90. The Labute approximate surface area is 239 Å². The van der Waals surface area contributed by atoms with E-state index >= 15 is 0 Å². The Morgan fingerprint density at radius 3 is 2.41 bits per heavy atom. The van der Waals surface area contributed by atoms with Gasteiger partial charge in [-0.25, -0.2) is 0 Å². The summed E-state index contributed by atoms with van der Waals surface area (Å²) < 4.78 is 0.